The van der Waals surface area contributed by atoms with Crippen molar-refractivity contribution in [1.82, 2.24) is 0 Å². The highest BCUT2D eigenvalue weighted by Gasteiger charge is 2.22. The Hall–Kier alpha value is -2.13. The van der Waals surface area contributed by atoms with Gasteiger partial charge in [-0.3, -0.25) is 4.79 Å². The quantitative estimate of drug-likeness (QED) is 0.829. The Balaban J connectivity index is 1.75. The Morgan fingerprint density at radius 1 is 1.00 bits per heavy atom. The van der Waals surface area contributed by atoms with Gasteiger partial charge in [-0.15, -0.1) is 0 Å². The molecule has 1 aliphatic rings. The number of ether oxygens (including phenoxy) is 1. The van der Waals surface area contributed by atoms with Crippen molar-refractivity contribution in [1.29, 1.82) is 0 Å². The smallest absolute Gasteiger partial charge is 0.229 e. The number of carbonyl (C=O) groups is 1. The Labute approximate surface area is 137 Å². The standard InChI is InChI=1S/C20H23NO2/c22-20(15-19-13-7-8-14-23-19)21(18-11-5-2-6-12-18)16-17-9-3-1-4-10-17/h1-6,9-12,19H,7-8,13-16H2. The predicted octanol–water partition coefficient (Wildman–Crippen LogP) is 4.18. The van der Waals surface area contributed by atoms with Crippen LogP contribution >= 0.6 is 0 Å². The van der Waals surface area contributed by atoms with Gasteiger partial charge in [-0.25, -0.2) is 0 Å². The summed E-state index contributed by atoms with van der Waals surface area (Å²) in [5.41, 5.74) is 2.08. The maximum absolute atomic E-state index is 12.9. The summed E-state index contributed by atoms with van der Waals surface area (Å²) in [7, 11) is 0. The van der Waals surface area contributed by atoms with Crippen LogP contribution < -0.4 is 4.90 Å². The van der Waals surface area contributed by atoms with Crippen molar-refractivity contribution in [3.05, 3.63) is 66.2 Å². The molecule has 0 bridgehead atoms. The summed E-state index contributed by atoms with van der Waals surface area (Å²) in [6.45, 7) is 1.37. The zero-order chi connectivity index (χ0) is 15.9. The molecule has 3 nitrogen and oxygen atoms in total. The number of nitrogens with zero attached hydrogens (tertiary/aromatic N) is 1. The molecule has 0 spiro atoms. The van der Waals surface area contributed by atoms with Gasteiger partial charge in [0.2, 0.25) is 5.91 Å². The molecule has 1 amide bonds. The van der Waals surface area contributed by atoms with Crippen LogP contribution in [0.4, 0.5) is 5.69 Å². The average molecular weight is 309 g/mol. The van der Waals surface area contributed by atoms with E-state index in [4.69, 9.17) is 4.74 Å². The van der Waals surface area contributed by atoms with Gasteiger partial charge in [0.15, 0.2) is 0 Å². The maximum atomic E-state index is 12.9. The first-order valence-corrected chi connectivity index (χ1v) is 8.34. The molecule has 2 aromatic carbocycles. The zero-order valence-electron chi connectivity index (χ0n) is 13.4. The number of para-hydroxylation sites is 1. The highest BCUT2D eigenvalue weighted by molar-refractivity contribution is 5.93. The maximum Gasteiger partial charge on any atom is 0.229 e. The van der Waals surface area contributed by atoms with Gasteiger partial charge in [-0.2, -0.15) is 0 Å². The normalized spacial score (nSPS) is 17.7. The minimum absolute atomic E-state index is 0.0678. The van der Waals surface area contributed by atoms with Gasteiger partial charge in [0.05, 0.1) is 19.1 Å². The van der Waals surface area contributed by atoms with Crippen LogP contribution in [0.3, 0.4) is 0 Å². The van der Waals surface area contributed by atoms with E-state index in [1.54, 1.807) is 0 Å². The molecule has 120 valence electrons. The third-order valence-corrected chi connectivity index (χ3v) is 4.23. The molecule has 1 heterocycles. The van der Waals surface area contributed by atoms with Gasteiger partial charge < -0.3 is 9.64 Å². The fraction of sp³-hybridized carbons (Fsp3) is 0.350. The SMILES string of the molecule is O=C(CC1CCCCO1)N(Cc1ccccc1)c1ccccc1. The molecule has 0 saturated carbocycles. The Bertz CT molecular complexity index is 606. The second kappa shape index (κ2) is 7.93. The summed E-state index contributed by atoms with van der Waals surface area (Å²) in [6, 6.07) is 20.0. The molecule has 1 atom stereocenters. The van der Waals surface area contributed by atoms with E-state index in [1.165, 1.54) is 0 Å². The second-order valence-electron chi connectivity index (χ2n) is 5.99. The largest absolute Gasteiger partial charge is 0.378 e. The average Bonchev–Trinajstić information content (AvgIpc) is 2.62. The molecule has 1 aliphatic heterocycles. The van der Waals surface area contributed by atoms with Gasteiger partial charge in [0.25, 0.3) is 0 Å². The molecule has 0 aromatic heterocycles. The van der Waals surface area contributed by atoms with E-state index in [0.29, 0.717) is 13.0 Å². The van der Waals surface area contributed by atoms with E-state index in [2.05, 4.69) is 12.1 Å². The minimum Gasteiger partial charge on any atom is -0.378 e. The van der Waals surface area contributed by atoms with Crippen LogP contribution in [0, 0.1) is 0 Å². The van der Waals surface area contributed by atoms with Crippen LogP contribution in [-0.4, -0.2) is 18.6 Å². The molecular formula is C20H23NO2. The van der Waals surface area contributed by atoms with E-state index >= 15 is 0 Å². The third kappa shape index (κ3) is 4.42. The third-order valence-electron chi connectivity index (χ3n) is 4.23. The number of benzene rings is 2. The molecular weight excluding hydrogens is 286 g/mol. The van der Waals surface area contributed by atoms with Gasteiger partial charge in [0.1, 0.15) is 0 Å². The van der Waals surface area contributed by atoms with Crippen molar-refractivity contribution in [3.63, 3.8) is 0 Å². The summed E-state index contributed by atoms with van der Waals surface area (Å²) in [4.78, 5) is 14.7. The van der Waals surface area contributed by atoms with Crippen molar-refractivity contribution in [2.24, 2.45) is 0 Å². The monoisotopic (exact) mass is 309 g/mol. The number of hydrogen-bond acceptors (Lipinski definition) is 2. The lowest BCUT2D eigenvalue weighted by atomic mass is 10.1. The van der Waals surface area contributed by atoms with Gasteiger partial charge >= 0.3 is 0 Å². The lowest BCUT2D eigenvalue weighted by Gasteiger charge is -2.27. The lowest BCUT2D eigenvalue weighted by Crippen LogP contribution is -2.34. The van der Waals surface area contributed by atoms with E-state index in [0.717, 1.165) is 37.1 Å². The Morgan fingerprint density at radius 2 is 1.70 bits per heavy atom. The van der Waals surface area contributed by atoms with Gasteiger partial charge in [-0.05, 0) is 37.0 Å². The van der Waals surface area contributed by atoms with Crippen LogP contribution in [0.15, 0.2) is 60.7 Å². The molecule has 2 aromatic rings. The minimum atomic E-state index is 0.0678. The first kappa shape index (κ1) is 15.8. The fourth-order valence-electron chi connectivity index (χ4n) is 2.97. The van der Waals surface area contributed by atoms with E-state index in [1.807, 2.05) is 53.4 Å². The van der Waals surface area contributed by atoms with Crippen LogP contribution in [0.25, 0.3) is 0 Å². The molecule has 0 N–H and O–H groups in total. The first-order valence-electron chi connectivity index (χ1n) is 8.34. The number of hydrogen-bond donors (Lipinski definition) is 0. The van der Waals surface area contributed by atoms with Crippen LogP contribution in [-0.2, 0) is 16.1 Å². The number of amides is 1. The van der Waals surface area contributed by atoms with Crippen LogP contribution in [0.2, 0.25) is 0 Å². The van der Waals surface area contributed by atoms with E-state index in [9.17, 15) is 4.79 Å². The van der Waals surface area contributed by atoms with E-state index in [-0.39, 0.29) is 12.0 Å². The van der Waals surface area contributed by atoms with Gasteiger partial charge in [-0.1, -0.05) is 48.5 Å². The van der Waals surface area contributed by atoms with Crippen LogP contribution in [0.1, 0.15) is 31.2 Å². The van der Waals surface area contributed by atoms with Crippen molar-refractivity contribution >= 4 is 11.6 Å². The summed E-state index contributed by atoms with van der Waals surface area (Å²) >= 11 is 0. The molecule has 1 fully saturated rings. The predicted molar refractivity (Wildman–Crippen MR) is 92.3 cm³/mol. The summed E-state index contributed by atoms with van der Waals surface area (Å²) < 4.78 is 5.74. The number of rotatable bonds is 5. The number of anilines is 1. The Kier molecular flexibility index (Phi) is 5.43. The summed E-state index contributed by atoms with van der Waals surface area (Å²) in [5, 5.41) is 0. The Morgan fingerprint density at radius 3 is 2.35 bits per heavy atom. The fourth-order valence-corrected chi connectivity index (χ4v) is 2.97. The summed E-state index contributed by atoms with van der Waals surface area (Å²) in [5.74, 6) is 0.131. The highest BCUT2D eigenvalue weighted by atomic mass is 16.5. The van der Waals surface area contributed by atoms with Crippen molar-refractivity contribution in [3.8, 4) is 0 Å². The van der Waals surface area contributed by atoms with Crippen LogP contribution in [0.5, 0.6) is 0 Å². The lowest BCUT2D eigenvalue weighted by molar-refractivity contribution is -0.122. The van der Waals surface area contributed by atoms with Crippen molar-refractivity contribution < 1.29 is 9.53 Å². The molecule has 0 radical (unpaired) electrons. The highest BCUT2D eigenvalue weighted by Crippen LogP contribution is 2.22. The topological polar surface area (TPSA) is 29.5 Å². The molecule has 3 heteroatoms. The van der Waals surface area contributed by atoms with E-state index < -0.39 is 0 Å². The molecule has 23 heavy (non-hydrogen) atoms. The summed E-state index contributed by atoms with van der Waals surface area (Å²) in [6.07, 6.45) is 3.78. The number of carbonyl (C=O) groups excluding carboxylic acids is 1. The molecule has 1 unspecified atom stereocenters. The van der Waals surface area contributed by atoms with Crippen molar-refractivity contribution in [2.75, 3.05) is 11.5 Å². The zero-order valence-corrected chi connectivity index (χ0v) is 13.4. The van der Waals surface area contributed by atoms with Crippen molar-refractivity contribution in [2.45, 2.75) is 38.3 Å². The molecule has 0 aliphatic carbocycles. The molecule has 3 rings (SSSR count). The van der Waals surface area contributed by atoms with Gasteiger partial charge in [0, 0.05) is 12.3 Å². The molecule has 1 saturated heterocycles. The second-order valence-corrected chi connectivity index (χ2v) is 5.99. The first-order chi connectivity index (χ1) is 11.3.